The van der Waals surface area contributed by atoms with Crippen LogP contribution in [-0.4, -0.2) is 17.7 Å². The van der Waals surface area contributed by atoms with E-state index in [4.69, 9.17) is 11.6 Å². The Bertz CT molecular complexity index is 535. The molecule has 0 saturated heterocycles. The lowest BCUT2D eigenvalue weighted by Gasteiger charge is -2.04. The van der Waals surface area contributed by atoms with Crippen molar-refractivity contribution in [3.8, 4) is 0 Å². The molecule has 0 aliphatic carbocycles. The van der Waals surface area contributed by atoms with E-state index in [2.05, 4.69) is 17.0 Å². The fourth-order valence-electron chi connectivity index (χ4n) is 0.861. The summed E-state index contributed by atoms with van der Waals surface area (Å²) in [5, 5.41) is 1.90. The molecule has 1 aromatic carbocycles. The molecule has 15 heavy (non-hydrogen) atoms. The van der Waals surface area contributed by atoms with Crippen LogP contribution in [0.3, 0.4) is 0 Å². The third kappa shape index (κ3) is 2.98. The molecule has 1 rings (SSSR count). The van der Waals surface area contributed by atoms with E-state index < -0.39 is 15.2 Å². The molecule has 1 aromatic rings. The van der Waals surface area contributed by atoms with Gasteiger partial charge in [0.2, 0.25) is 0 Å². The highest BCUT2D eigenvalue weighted by Crippen LogP contribution is 2.34. The Morgan fingerprint density at radius 2 is 2.13 bits per heavy atom. The predicted molar refractivity (Wildman–Crippen MR) is 65.7 cm³/mol. The second kappa shape index (κ2) is 4.58. The van der Waals surface area contributed by atoms with Gasteiger partial charge in [0, 0.05) is 4.90 Å². The summed E-state index contributed by atoms with van der Waals surface area (Å²) >= 11 is 9.88. The van der Waals surface area contributed by atoms with Crippen LogP contribution in [0, 0.1) is 5.82 Å². The van der Waals surface area contributed by atoms with Crippen molar-refractivity contribution in [1.82, 2.24) is 0 Å². The molecule has 6 heteroatoms. The largest absolute Gasteiger partial charge is 0.226 e. The molecule has 0 aliphatic heterocycles. The molecular formula is C9H9ClFNOS2. The summed E-state index contributed by atoms with van der Waals surface area (Å²) < 4.78 is 17.3. The third-order valence-electron chi connectivity index (χ3n) is 1.57. The fraction of sp³-hybridized carbons (Fsp3) is 0.222. The van der Waals surface area contributed by atoms with Gasteiger partial charge in [0.05, 0.1) is 5.02 Å². The van der Waals surface area contributed by atoms with E-state index in [1.165, 1.54) is 12.1 Å². The average molecular weight is 266 g/mol. The molecule has 0 aromatic heterocycles. The van der Waals surface area contributed by atoms with Gasteiger partial charge in [0.1, 0.15) is 5.69 Å². The van der Waals surface area contributed by atoms with Crippen LogP contribution in [0.2, 0.25) is 5.02 Å². The highest BCUT2D eigenvalue weighted by molar-refractivity contribution is 8.01. The molecule has 0 bridgehead atoms. The highest BCUT2D eigenvalue weighted by Gasteiger charge is 2.09. The van der Waals surface area contributed by atoms with Crippen molar-refractivity contribution >= 4 is 44.6 Å². The SMILES string of the molecule is CS(C)(=C=O)=Nc1c(F)ccc(S)c1Cl. The van der Waals surface area contributed by atoms with Gasteiger partial charge >= 0.3 is 0 Å². The molecule has 0 amide bonds. The van der Waals surface area contributed by atoms with Crippen LogP contribution in [0.15, 0.2) is 21.4 Å². The van der Waals surface area contributed by atoms with Crippen LogP contribution < -0.4 is 0 Å². The first-order valence-electron chi connectivity index (χ1n) is 3.89. The second-order valence-electron chi connectivity index (χ2n) is 3.18. The van der Waals surface area contributed by atoms with Gasteiger partial charge in [-0.1, -0.05) is 21.0 Å². The minimum atomic E-state index is -1.97. The summed E-state index contributed by atoms with van der Waals surface area (Å²) in [5.74, 6) is -0.561. The Kier molecular flexibility index (Phi) is 3.84. The summed E-state index contributed by atoms with van der Waals surface area (Å²) in [5.41, 5.74) is -0.0208. The molecular weight excluding hydrogens is 257 g/mol. The van der Waals surface area contributed by atoms with Crippen molar-refractivity contribution < 1.29 is 9.18 Å². The van der Waals surface area contributed by atoms with Gasteiger partial charge in [-0.15, -0.1) is 12.6 Å². The first-order valence-corrected chi connectivity index (χ1v) is 7.12. The van der Waals surface area contributed by atoms with E-state index in [-0.39, 0.29) is 10.7 Å². The molecule has 0 N–H and O–H groups in total. The van der Waals surface area contributed by atoms with Crippen LogP contribution in [0.25, 0.3) is 0 Å². The van der Waals surface area contributed by atoms with Gasteiger partial charge in [-0.05, 0) is 24.6 Å². The summed E-state index contributed by atoms with van der Waals surface area (Å²) in [6, 6.07) is 2.65. The van der Waals surface area contributed by atoms with Crippen molar-refractivity contribution in [3.63, 3.8) is 0 Å². The maximum absolute atomic E-state index is 13.4. The Morgan fingerprint density at radius 3 is 2.67 bits per heavy atom. The van der Waals surface area contributed by atoms with Crippen LogP contribution in [0.1, 0.15) is 0 Å². The van der Waals surface area contributed by atoms with Gasteiger partial charge < -0.3 is 0 Å². The Balaban J connectivity index is 3.60. The molecule has 82 valence electrons. The number of hydrogen-bond donors (Lipinski definition) is 1. The lowest BCUT2D eigenvalue weighted by atomic mass is 10.3. The molecule has 0 spiro atoms. The average Bonchev–Trinajstić information content (AvgIpc) is 2.19. The van der Waals surface area contributed by atoms with Gasteiger partial charge in [-0.25, -0.2) is 13.5 Å². The van der Waals surface area contributed by atoms with E-state index in [1.807, 2.05) is 0 Å². The molecule has 0 radical (unpaired) electrons. The molecule has 0 saturated carbocycles. The Labute approximate surface area is 98.5 Å². The molecule has 0 unspecified atom stereocenters. The second-order valence-corrected chi connectivity index (χ2v) is 6.93. The van der Waals surface area contributed by atoms with Crippen molar-refractivity contribution in [1.29, 1.82) is 0 Å². The summed E-state index contributed by atoms with van der Waals surface area (Å²) in [4.78, 5) is 11.0. The van der Waals surface area contributed by atoms with E-state index in [1.54, 1.807) is 17.7 Å². The highest BCUT2D eigenvalue weighted by atomic mass is 35.5. The molecule has 0 fully saturated rings. The summed E-state index contributed by atoms with van der Waals surface area (Å²) in [6.07, 6.45) is 3.20. The van der Waals surface area contributed by atoms with E-state index in [0.717, 1.165) is 0 Å². The zero-order chi connectivity index (χ0) is 11.6. The lowest BCUT2D eigenvalue weighted by molar-refractivity contribution is 0.571. The van der Waals surface area contributed by atoms with Gasteiger partial charge in [0.15, 0.2) is 11.1 Å². The van der Waals surface area contributed by atoms with Gasteiger partial charge in [-0.2, -0.15) is 0 Å². The van der Waals surface area contributed by atoms with E-state index >= 15 is 0 Å². The maximum atomic E-state index is 13.4. The summed E-state index contributed by atoms with van der Waals surface area (Å²) in [7, 11) is -1.97. The minimum Gasteiger partial charge on any atom is -0.226 e. The quantitative estimate of drug-likeness (QED) is 0.614. The predicted octanol–water partition coefficient (Wildman–Crippen LogP) is 3.06. The number of halogens is 2. The molecule has 0 aliphatic rings. The topological polar surface area (TPSA) is 29.4 Å². The van der Waals surface area contributed by atoms with Crippen LogP contribution in [-0.2, 0) is 14.2 Å². The van der Waals surface area contributed by atoms with Gasteiger partial charge in [-0.3, -0.25) is 0 Å². The van der Waals surface area contributed by atoms with E-state index in [0.29, 0.717) is 4.90 Å². The fourth-order valence-corrected chi connectivity index (χ4v) is 1.96. The number of carbonyl (C=O) groups excluding carboxylic acids is 1. The zero-order valence-electron chi connectivity index (χ0n) is 8.12. The number of benzene rings is 1. The Morgan fingerprint density at radius 1 is 1.53 bits per heavy atom. The third-order valence-corrected chi connectivity index (χ3v) is 3.50. The van der Waals surface area contributed by atoms with Crippen molar-refractivity contribution in [2.45, 2.75) is 4.90 Å². The number of hydrogen-bond acceptors (Lipinski definition) is 3. The first kappa shape index (κ1) is 12.6. The lowest BCUT2D eigenvalue weighted by Crippen LogP contribution is -1.92. The molecule has 0 heterocycles. The first-order chi connectivity index (χ1) is 6.87. The maximum Gasteiger partial charge on any atom is 0.166 e. The smallest absolute Gasteiger partial charge is 0.166 e. The Hall–Kier alpha value is -0.480. The van der Waals surface area contributed by atoms with Gasteiger partial charge in [0.25, 0.3) is 0 Å². The van der Waals surface area contributed by atoms with Crippen LogP contribution >= 0.6 is 24.2 Å². The normalized spacial score (nSPS) is 11.0. The minimum absolute atomic E-state index is 0.0208. The molecule has 2 nitrogen and oxygen atoms in total. The number of thiol groups is 1. The van der Waals surface area contributed by atoms with Crippen molar-refractivity contribution in [2.24, 2.45) is 4.36 Å². The van der Waals surface area contributed by atoms with Crippen molar-refractivity contribution in [3.05, 3.63) is 23.0 Å². The standard InChI is InChI=1S/C9H9ClFNOS2/c1-15(2,5-13)12-9-6(11)3-4-7(14)8(9)10/h3-4,14H,1-2H3. The van der Waals surface area contributed by atoms with Crippen LogP contribution in [0.5, 0.6) is 0 Å². The van der Waals surface area contributed by atoms with Crippen LogP contribution in [0.4, 0.5) is 10.1 Å². The summed E-state index contributed by atoms with van der Waals surface area (Å²) in [6.45, 7) is 0. The zero-order valence-corrected chi connectivity index (χ0v) is 10.6. The monoisotopic (exact) mass is 265 g/mol. The number of nitrogens with zero attached hydrogens (tertiary/aromatic N) is 1. The molecule has 0 atom stereocenters. The van der Waals surface area contributed by atoms with E-state index in [9.17, 15) is 9.18 Å². The number of rotatable bonds is 1. The van der Waals surface area contributed by atoms with Crippen molar-refractivity contribution in [2.75, 3.05) is 12.5 Å².